The maximum Gasteiger partial charge on any atom is 0.125 e. The van der Waals surface area contributed by atoms with Crippen LogP contribution in [0.25, 0.3) is 0 Å². The van der Waals surface area contributed by atoms with Crippen LogP contribution in [0.2, 0.25) is 0 Å². The second-order valence-corrected chi connectivity index (χ2v) is 3.76. The zero-order chi connectivity index (χ0) is 10.8. The average molecular weight is 209 g/mol. The van der Waals surface area contributed by atoms with Gasteiger partial charge in [0.25, 0.3) is 0 Å². The first-order valence-electron chi connectivity index (χ1n) is 5.03. The molecule has 1 fully saturated rings. The summed E-state index contributed by atoms with van der Waals surface area (Å²) in [6, 6.07) is 3.13. The van der Waals surface area contributed by atoms with Crippen molar-refractivity contribution in [2.75, 3.05) is 19.7 Å². The van der Waals surface area contributed by atoms with Crippen molar-refractivity contribution in [1.82, 2.24) is 5.32 Å². The lowest BCUT2D eigenvalue weighted by Gasteiger charge is -2.24. The van der Waals surface area contributed by atoms with Crippen molar-refractivity contribution in [2.24, 2.45) is 0 Å². The van der Waals surface area contributed by atoms with Gasteiger partial charge < -0.3 is 20.3 Å². The molecule has 2 rings (SSSR count). The van der Waals surface area contributed by atoms with Crippen molar-refractivity contribution < 1.29 is 14.9 Å². The lowest BCUT2D eigenvalue weighted by Crippen LogP contribution is -2.33. The van der Waals surface area contributed by atoms with Gasteiger partial charge >= 0.3 is 0 Å². The molecule has 4 heteroatoms. The summed E-state index contributed by atoms with van der Waals surface area (Å²) >= 11 is 0. The second-order valence-electron chi connectivity index (χ2n) is 3.76. The fourth-order valence-electron chi connectivity index (χ4n) is 1.73. The van der Waals surface area contributed by atoms with E-state index in [0.29, 0.717) is 13.2 Å². The van der Waals surface area contributed by atoms with Crippen LogP contribution in [0.15, 0.2) is 12.1 Å². The van der Waals surface area contributed by atoms with Gasteiger partial charge in [0.1, 0.15) is 11.5 Å². The number of rotatable bonds is 1. The molecule has 0 saturated carbocycles. The number of nitrogens with one attached hydrogen (secondary N) is 1. The molecule has 4 nitrogen and oxygen atoms in total. The molecule has 1 heterocycles. The minimum absolute atomic E-state index is 0.0896. The van der Waals surface area contributed by atoms with Gasteiger partial charge in [-0.25, -0.2) is 0 Å². The Bertz CT molecular complexity index is 359. The first kappa shape index (κ1) is 10.3. The van der Waals surface area contributed by atoms with Crippen LogP contribution in [0.4, 0.5) is 0 Å². The predicted molar refractivity (Wildman–Crippen MR) is 56.1 cm³/mol. The van der Waals surface area contributed by atoms with Gasteiger partial charge in [0.05, 0.1) is 12.7 Å². The highest BCUT2D eigenvalue weighted by molar-refractivity contribution is 5.45. The van der Waals surface area contributed by atoms with Crippen LogP contribution >= 0.6 is 0 Å². The van der Waals surface area contributed by atoms with Crippen molar-refractivity contribution >= 4 is 0 Å². The van der Waals surface area contributed by atoms with Gasteiger partial charge in [-0.1, -0.05) is 0 Å². The molecular formula is C11H15NO3. The maximum absolute atomic E-state index is 9.70. The smallest absolute Gasteiger partial charge is 0.125 e. The van der Waals surface area contributed by atoms with E-state index >= 15 is 0 Å². The van der Waals surface area contributed by atoms with E-state index in [1.165, 1.54) is 6.07 Å². The van der Waals surface area contributed by atoms with Gasteiger partial charge in [-0.3, -0.25) is 0 Å². The number of benzene rings is 1. The molecule has 1 saturated heterocycles. The van der Waals surface area contributed by atoms with Crippen molar-refractivity contribution in [3.63, 3.8) is 0 Å². The Labute approximate surface area is 88.5 Å². The monoisotopic (exact) mass is 209 g/mol. The largest absolute Gasteiger partial charge is 0.508 e. The van der Waals surface area contributed by atoms with Crippen LogP contribution in [0.1, 0.15) is 17.2 Å². The number of morpholine rings is 1. The summed E-state index contributed by atoms with van der Waals surface area (Å²) in [6.45, 7) is 3.98. The zero-order valence-electron chi connectivity index (χ0n) is 8.66. The number of aromatic hydroxyl groups is 2. The molecule has 0 spiro atoms. The highest BCUT2D eigenvalue weighted by atomic mass is 16.5. The van der Waals surface area contributed by atoms with Crippen molar-refractivity contribution in [3.05, 3.63) is 23.3 Å². The summed E-state index contributed by atoms with van der Waals surface area (Å²) < 4.78 is 5.54. The summed E-state index contributed by atoms with van der Waals surface area (Å²) in [5.74, 6) is 0.201. The van der Waals surface area contributed by atoms with E-state index in [0.717, 1.165) is 17.7 Å². The first-order chi connectivity index (χ1) is 7.18. The van der Waals surface area contributed by atoms with Gasteiger partial charge in [-0.05, 0) is 18.6 Å². The van der Waals surface area contributed by atoms with Crippen molar-refractivity contribution in [3.8, 4) is 11.5 Å². The Balaban J connectivity index is 2.30. The maximum atomic E-state index is 9.70. The minimum atomic E-state index is -0.127. The van der Waals surface area contributed by atoms with E-state index in [4.69, 9.17) is 4.74 Å². The van der Waals surface area contributed by atoms with Gasteiger partial charge in [-0.15, -0.1) is 0 Å². The molecule has 1 atom stereocenters. The molecular weight excluding hydrogens is 194 g/mol. The number of phenolic OH excluding ortho intramolecular Hbond substituents is 2. The van der Waals surface area contributed by atoms with E-state index in [2.05, 4.69) is 5.32 Å². The summed E-state index contributed by atoms with van der Waals surface area (Å²) in [5, 5.41) is 22.3. The molecule has 1 aromatic carbocycles. The molecule has 3 N–H and O–H groups in total. The summed E-state index contributed by atoms with van der Waals surface area (Å²) in [4.78, 5) is 0. The molecule has 0 amide bonds. The van der Waals surface area contributed by atoms with Crippen molar-refractivity contribution in [1.29, 1.82) is 0 Å². The molecule has 0 aromatic heterocycles. The number of ether oxygens (including phenoxy) is 1. The normalized spacial score (nSPS) is 21.5. The summed E-state index contributed by atoms with van der Waals surface area (Å²) in [7, 11) is 0. The van der Waals surface area contributed by atoms with E-state index in [1.54, 1.807) is 13.0 Å². The third-order valence-electron chi connectivity index (χ3n) is 2.62. The molecule has 1 aromatic rings. The third-order valence-corrected chi connectivity index (χ3v) is 2.62. The fourth-order valence-corrected chi connectivity index (χ4v) is 1.73. The SMILES string of the molecule is Cc1cc(C2CNCCO2)c(O)cc1O. The standard InChI is InChI=1S/C11H15NO3/c1-7-4-8(10(14)5-9(7)13)11-6-12-2-3-15-11/h4-5,11-14H,2-3,6H2,1H3. The van der Waals surface area contributed by atoms with Crippen molar-refractivity contribution in [2.45, 2.75) is 13.0 Å². The lowest BCUT2D eigenvalue weighted by molar-refractivity contribution is 0.0262. The van der Waals surface area contributed by atoms with E-state index in [-0.39, 0.29) is 17.6 Å². The van der Waals surface area contributed by atoms with Crippen LogP contribution in [0.5, 0.6) is 11.5 Å². The Hall–Kier alpha value is -1.26. The highest BCUT2D eigenvalue weighted by Gasteiger charge is 2.19. The van der Waals surface area contributed by atoms with Gasteiger partial charge in [0, 0.05) is 24.7 Å². The molecule has 0 aliphatic carbocycles. The van der Waals surface area contributed by atoms with E-state index in [9.17, 15) is 10.2 Å². The Morgan fingerprint density at radius 2 is 2.13 bits per heavy atom. The predicted octanol–water partition coefficient (Wildman–Crippen LogP) is 1.07. The van der Waals surface area contributed by atoms with Crippen LogP contribution in [-0.2, 0) is 4.74 Å². The number of hydrogen-bond donors (Lipinski definition) is 3. The second kappa shape index (κ2) is 4.08. The molecule has 82 valence electrons. The molecule has 1 unspecified atom stereocenters. The highest BCUT2D eigenvalue weighted by Crippen LogP contribution is 2.32. The zero-order valence-corrected chi connectivity index (χ0v) is 8.66. The van der Waals surface area contributed by atoms with Crippen LogP contribution in [0, 0.1) is 6.92 Å². The summed E-state index contributed by atoms with van der Waals surface area (Å²) in [5.41, 5.74) is 1.48. The molecule has 1 aliphatic heterocycles. The Morgan fingerprint density at radius 1 is 1.33 bits per heavy atom. The molecule has 0 radical (unpaired) electrons. The molecule has 0 bridgehead atoms. The van der Waals surface area contributed by atoms with E-state index < -0.39 is 0 Å². The minimum Gasteiger partial charge on any atom is -0.508 e. The quantitative estimate of drug-likeness (QED) is 0.647. The fraction of sp³-hybridized carbons (Fsp3) is 0.455. The molecule has 1 aliphatic rings. The number of phenols is 2. The third kappa shape index (κ3) is 2.06. The van der Waals surface area contributed by atoms with Crippen LogP contribution in [-0.4, -0.2) is 29.9 Å². The van der Waals surface area contributed by atoms with E-state index in [1.807, 2.05) is 0 Å². The molecule has 15 heavy (non-hydrogen) atoms. The first-order valence-corrected chi connectivity index (χ1v) is 5.03. The Kier molecular flexibility index (Phi) is 2.79. The van der Waals surface area contributed by atoms with Crippen LogP contribution in [0.3, 0.4) is 0 Å². The van der Waals surface area contributed by atoms with Gasteiger partial charge in [-0.2, -0.15) is 0 Å². The van der Waals surface area contributed by atoms with Gasteiger partial charge in [0.2, 0.25) is 0 Å². The number of hydrogen-bond acceptors (Lipinski definition) is 4. The Morgan fingerprint density at radius 3 is 2.80 bits per heavy atom. The topological polar surface area (TPSA) is 61.7 Å². The number of aryl methyl sites for hydroxylation is 1. The summed E-state index contributed by atoms with van der Waals surface area (Å²) in [6.07, 6.45) is -0.127. The van der Waals surface area contributed by atoms with Gasteiger partial charge in [0.15, 0.2) is 0 Å². The average Bonchev–Trinajstić information content (AvgIpc) is 2.25. The lowest BCUT2D eigenvalue weighted by atomic mass is 10.0. The van der Waals surface area contributed by atoms with Crippen LogP contribution < -0.4 is 5.32 Å².